The van der Waals surface area contributed by atoms with Gasteiger partial charge in [0.1, 0.15) is 11.2 Å². The monoisotopic (exact) mass is 488 g/mol. The van der Waals surface area contributed by atoms with Crippen molar-refractivity contribution in [3.8, 4) is 11.4 Å². The smallest absolute Gasteiger partial charge is 0.412 e. The number of H-pyrrole nitrogens is 1. The summed E-state index contributed by atoms with van der Waals surface area (Å²) in [6.45, 7) is 7.24. The third-order valence-corrected chi connectivity index (χ3v) is 5.07. The van der Waals surface area contributed by atoms with Crippen molar-refractivity contribution in [2.45, 2.75) is 39.3 Å². The van der Waals surface area contributed by atoms with Crippen molar-refractivity contribution in [1.29, 1.82) is 0 Å². The molecule has 0 aliphatic rings. The predicted molar refractivity (Wildman–Crippen MR) is 137 cm³/mol. The van der Waals surface area contributed by atoms with Gasteiger partial charge >= 0.3 is 6.09 Å². The maximum absolute atomic E-state index is 14.6. The number of nitrogens with zero attached hydrogens (tertiary/aromatic N) is 3. The van der Waals surface area contributed by atoms with E-state index in [1.54, 1.807) is 51.2 Å². The van der Waals surface area contributed by atoms with Crippen LogP contribution in [0.1, 0.15) is 43.6 Å². The van der Waals surface area contributed by atoms with Crippen LogP contribution < -0.4 is 10.6 Å². The molecule has 0 saturated carbocycles. The zero-order valence-electron chi connectivity index (χ0n) is 19.1. The molecule has 0 unspecified atom stereocenters. The van der Waals surface area contributed by atoms with Crippen molar-refractivity contribution in [2.24, 2.45) is 0 Å². The number of nitrogens with one attached hydrogen (secondary N) is 3. The molecule has 3 aromatic heterocycles. The molecule has 0 fully saturated rings. The fourth-order valence-electron chi connectivity index (χ4n) is 3.36. The van der Waals surface area contributed by atoms with Crippen LogP contribution >= 0.6 is 11.6 Å². The molecule has 34 heavy (non-hydrogen) atoms. The Kier molecular flexibility index (Phi) is 6.39. The van der Waals surface area contributed by atoms with E-state index < -0.39 is 17.5 Å². The van der Waals surface area contributed by atoms with Crippen LogP contribution in [0.15, 0.2) is 48.9 Å². The van der Waals surface area contributed by atoms with Crippen LogP contribution in [0.5, 0.6) is 0 Å². The van der Waals surface area contributed by atoms with Gasteiger partial charge in [-0.15, -0.1) is 0 Å². The lowest BCUT2D eigenvalue weighted by molar-refractivity contribution is 0.0636. The highest BCUT2D eigenvalue weighted by atomic mass is 35.5. The molecular formula is C24H30ClFN6O2. The Hall–Kier alpha value is -3.72. The van der Waals surface area contributed by atoms with Gasteiger partial charge in [0.15, 0.2) is 17.5 Å². The topological polar surface area (TPSA) is 105 Å². The molecule has 1 atom stereocenters. The molecule has 0 aliphatic heterocycles. The average molecular weight is 489 g/mol. The number of pyridine rings is 1. The normalized spacial score (nSPS) is 12.4. The number of carbonyl (C=O) groups excluding carboxylic acids is 1. The van der Waals surface area contributed by atoms with E-state index in [9.17, 15) is 9.18 Å². The summed E-state index contributed by atoms with van der Waals surface area (Å²) in [5.74, 6) is -0.214. The Morgan fingerprint density at radius 3 is 2.79 bits per heavy atom. The van der Waals surface area contributed by atoms with E-state index >= 15 is 0 Å². The number of ether oxygens (including phenoxy) is 1. The summed E-state index contributed by atoms with van der Waals surface area (Å²) in [7, 11) is 0. The van der Waals surface area contributed by atoms with Gasteiger partial charge in [-0.25, -0.2) is 24.1 Å². The predicted octanol–water partition coefficient (Wildman–Crippen LogP) is 7.07. The number of rotatable bonds is 5. The molecule has 8 nitrogen and oxygen atoms in total. The summed E-state index contributed by atoms with van der Waals surface area (Å²) in [6.07, 6.45) is 3.82. The Morgan fingerprint density at radius 2 is 2.03 bits per heavy atom. The van der Waals surface area contributed by atoms with Crippen LogP contribution in [0.2, 0.25) is 5.02 Å². The summed E-state index contributed by atoms with van der Waals surface area (Å²) >= 11 is 6.08. The van der Waals surface area contributed by atoms with Crippen molar-refractivity contribution >= 4 is 40.2 Å². The second kappa shape index (κ2) is 9.26. The quantitative estimate of drug-likeness (QED) is 0.277. The number of hydrogen-bond donors (Lipinski definition) is 3. The average Bonchev–Trinajstić information content (AvgIpc) is 3.17. The van der Waals surface area contributed by atoms with Gasteiger partial charge in [-0.2, -0.15) is 0 Å². The van der Waals surface area contributed by atoms with Crippen LogP contribution in [0.4, 0.5) is 20.7 Å². The van der Waals surface area contributed by atoms with E-state index in [1.165, 1.54) is 6.20 Å². The zero-order chi connectivity index (χ0) is 24.5. The highest BCUT2D eigenvalue weighted by molar-refractivity contribution is 6.31. The maximum atomic E-state index is 14.6. The highest BCUT2D eigenvalue weighted by Gasteiger charge is 2.18. The molecule has 0 bridgehead atoms. The van der Waals surface area contributed by atoms with Gasteiger partial charge in [0.25, 0.3) is 0 Å². The minimum absolute atomic E-state index is 0. The first-order valence-corrected chi connectivity index (χ1v) is 11.0. The second-order valence-corrected chi connectivity index (χ2v) is 9.20. The molecule has 1 aromatic carbocycles. The van der Waals surface area contributed by atoms with Crippen LogP contribution in [-0.4, -0.2) is 31.6 Å². The number of fused-ring (bicyclic) bond motifs is 1. The third kappa shape index (κ3) is 5.43. The Labute approximate surface area is 205 Å². The molecule has 10 heteroatoms. The number of halogens is 2. The van der Waals surface area contributed by atoms with Gasteiger partial charge in [-0.3, -0.25) is 5.32 Å². The van der Waals surface area contributed by atoms with E-state index in [2.05, 4.69) is 30.6 Å². The van der Waals surface area contributed by atoms with Gasteiger partial charge in [0, 0.05) is 33.3 Å². The molecule has 182 valence electrons. The molecule has 0 saturated heterocycles. The first-order chi connectivity index (χ1) is 16.1. The van der Waals surface area contributed by atoms with E-state index in [0.29, 0.717) is 27.7 Å². The third-order valence-electron chi connectivity index (χ3n) is 4.87. The van der Waals surface area contributed by atoms with Crippen molar-refractivity contribution in [2.75, 3.05) is 10.6 Å². The molecular weight excluding hydrogens is 459 g/mol. The number of aromatic nitrogens is 4. The van der Waals surface area contributed by atoms with Crippen molar-refractivity contribution in [3.05, 3.63) is 65.3 Å². The summed E-state index contributed by atoms with van der Waals surface area (Å²) in [5.41, 5.74) is 2.06. The zero-order valence-corrected chi connectivity index (χ0v) is 19.9. The van der Waals surface area contributed by atoms with Gasteiger partial charge < -0.3 is 15.0 Å². The summed E-state index contributed by atoms with van der Waals surface area (Å²) in [5, 5.41) is 7.00. The van der Waals surface area contributed by atoms with Crippen molar-refractivity contribution < 1.29 is 18.2 Å². The maximum Gasteiger partial charge on any atom is 0.412 e. The minimum Gasteiger partial charge on any atom is -0.444 e. The summed E-state index contributed by atoms with van der Waals surface area (Å²) in [6, 6.07) is 8.63. The standard InChI is InChI=1S/C24H24ClFN6O2.3H2/c1-13(14-6-5-7-16(8-14)31-23(33)34-24(2,3)4)30-22-19(26)12-29-21(32-22)18-11-28-20-17(18)9-15(25)10-27-20;;;/h5-13H,1-4H3,(H,27,28)(H,31,33)(H,29,30,32);3*1H/t13-;;;/m0.../s1. The fraction of sp³-hybridized carbons (Fsp3) is 0.250. The lowest BCUT2D eigenvalue weighted by Crippen LogP contribution is -2.27. The number of anilines is 2. The molecule has 1 amide bonds. The second-order valence-electron chi connectivity index (χ2n) is 8.76. The number of hydrogen-bond acceptors (Lipinski definition) is 6. The number of carbonyl (C=O) groups is 1. The van der Waals surface area contributed by atoms with E-state index in [1.807, 2.05) is 13.0 Å². The lowest BCUT2D eigenvalue weighted by Gasteiger charge is -2.20. The van der Waals surface area contributed by atoms with Crippen LogP contribution in [0.3, 0.4) is 0 Å². The number of amides is 1. The largest absolute Gasteiger partial charge is 0.444 e. The molecule has 4 rings (SSSR count). The van der Waals surface area contributed by atoms with Gasteiger partial charge in [-0.05, 0) is 51.5 Å². The van der Waals surface area contributed by atoms with Crippen LogP contribution in [-0.2, 0) is 4.74 Å². The minimum atomic E-state index is -0.606. The van der Waals surface area contributed by atoms with Gasteiger partial charge in [-0.1, -0.05) is 23.7 Å². The Bertz CT molecular complexity index is 1370. The summed E-state index contributed by atoms with van der Waals surface area (Å²) in [4.78, 5) is 27.9. The molecule has 0 aliphatic carbocycles. The fourth-order valence-corrected chi connectivity index (χ4v) is 3.51. The summed E-state index contributed by atoms with van der Waals surface area (Å²) < 4.78 is 19.9. The molecule has 0 spiro atoms. The van der Waals surface area contributed by atoms with E-state index in [4.69, 9.17) is 16.3 Å². The SMILES string of the molecule is C[C@H](Nc1nc(-c2c[nH]c3ncc(Cl)cc23)ncc1F)c1cccc(NC(=O)OC(C)(C)C)c1.[HH].[HH].[HH]. The van der Waals surface area contributed by atoms with Crippen molar-refractivity contribution in [1.82, 2.24) is 19.9 Å². The molecule has 4 aromatic rings. The van der Waals surface area contributed by atoms with E-state index in [0.717, 1.165) is 17.1 Å². The van der Waals surface area contributed by atoms with Crippen LogP contribution in [0, 0.1) is 5.82 Å². The van der Waals surface area contributed by atoms with Gasteiger partial charge in [0.05, 0.1) is 17.3 Å². The molecule has 3 heterocycles. The number of aromatic amines is 1. The Balaban J connectivity index is 0.00000228. The van der Waals surface area contributed by atoms with Crippen molar-refractivity contribution in [3.63, 3.8) is 0 Å². The molecule has 3 N–H and O–H groups in total. The Morgan fingerprint density at radius 1 is 1.24 bits per heavy atom. The lowest BCUT2D eigenvalue weighted by atomic mass is 10.1. The highest BCUT2D eigenvalue weighted by Crippen LogP contribution is 2.29. The first kappa shape index (κ1) is 23.4. The first-order valence-electron chi connectivity index (χ1n) is 10.6. The molecule has 0 radical (unpaired) electrons. The van der Waals surface area contributed by atoms with Gasteiger partial charge in [0.2, 0.25) is 0 Å². The van der Waals surface area contributed by atoms with Crippen LogP contribution in [0.25, 0.3) is 22.4 Å². The van der Waals surface area contributed by atoms with E-state index in [-0.39, 0.29) is 16.1 Å². The number of benzene rings is 1.